The van der Waals surface area contributed by atoms with Crippen molar-refractivity contribution in [2.75, 3.05) is 13.1 Å². The summed E-state index contributed by atoms with van der Waals surface area (Å²) in [5.41, 5.74) is -0.384. The topological polar surface area (TPSA) is 131 Å². The molecule has 0 atom stereocenters. The molecule has 1 aliphatic rings. The summed E-state index contributed by atoms with van der Waals surface area (Å²) in [5.74, 6) is -2.49. The molecule has 0 saturated carbocycles. The highest BCUT2D eigenvalue weighted by molar-refractivity contribution is 7.88. The third-order valence-electron chi connectivity index (χ3n) is 4.98. The number of unbranched alkanes of at least 4 members (excludes halogenated alkanes) is 6. The van der Waals surface area contributed by atoms with E-state index in [4.69, 9.17) is 4.42 Å². The van der Waals surface area contributed by atoms with Gasteiger partial charge in [0.25, 0.3) is 11.8 Å². The van der Waals surface area contributed by atoms with Gasteiger partial charge in [0, 0.05) is 13.1 Å². The van der Waals surface area contributed by atoms with Crippen LogP contribution in [-0.2, 0) is 19.8 Å². The number of hydrogen-bond acceptors (Lipinski definition) is 7. The van der Waals surface area contributed by atoms with E-state index in [9.17, 15) is 28.1 Å². The monoisotopic (exact) mass is 455 g/mol. The SMILES string of the molecule is CCCCCCN1C(=O)C(=Cc2ccc([N+](=O)[O-])o2)C(=O)N(CCCCCC)S1(=O)=O. The molecule has 0 unspecified atom stereocenters. The van der Waals surface area contributed by atoms with Crippen LogP contribution in [0, 0.1) is 10.1 Å². The molecule has 11 heteroatoms. The average molecular weight is 456 g/mol. The molecule has 2 rings (SSSR count). The lowest BCUT2D eigenvalue weighted by Gasteiger charge is -2.35. The summed E-state index contributed by atoms with van der Waals surface area (Å²) >= 11 is 0. The smallest absolute Gasteiger partial charge is 0.401 e. The van der Waals surface area contributed by atoms with E-state index in [1.54, 1.807) is 0 Å². The molecule has 1 aromatic heterocycles. The molecule has 0 aliphatic carbocycles. The molecule has 0 radical (unpaired) electrons. The molecular weight excluding hydrogens is 426 g/mol. The van der Waals surface area contributed by atoms with Gasteiger partial charge in [-0.3, -0.25) is 19.7 Å². The number of hydrogen-bond donors (Lipinski definition) is 0. The van der Waals surface area contributed by atoms with E-state index >= 15 is 0 Å². The first kappa shape index (κ1) is 24.6. The van der Waals surface area contributed by atoms with E-state index in [-0.39, 0.29) is 24.4 Å². The van der Waals surface area contributed by atoms with Crippen molar-refractivity contribution in [3.8, 4) is 0 Å². The first-order valence-electron chi connectivity index (χ1n) is 10.6. The van der Waals surface area contributed by atoms with Crippen LogP contribution in [0.5, 0.6) is 0 Å². The quantitative estimate of drug-likeness (QED) is 0.154. The fourth-order valence-corrected chi connectivity index (χ4v) is 4.84. The van der Waals surface area contributed by atoms with Gasteiger partial charge in [0.05, 0.1) is 6.07 Å². The van der Waals surface area contributed by atoms with E-state index in [2.05, 4.69) is 0 Å². The van der Waals surface area contributed by atoms with E-state index < -0.39 is 32.8 Å². The summed E-state index contributed by atoms with van der Waals surface area (Å²) in [4.78, 5) is 36.0. The van der Waals surface area contributed by atoms with Gasteiger partial charge in [-0.2, -0.15) is 8.42 Å². The van der Waals surface area contributed by atoms with Crippen molar-refractivity contribution in [3.63, 3.8) is 0 Å². The van der Waals surface area contributed by atoms with Gasteiger partial charge in [0.15, 0.2) is 0 Å². The predicted molar refractivity (Wildman–Crippen MR) is 114 cm³/mol. The van der Waals surface area contributed by atoms with Gasteiger partial charge in [0.1, 0.15) is 16.3 Å². The molecule has 0 spiro atoms. The first-order valence-corrected chi connectivity index (χ1v) is 12.0. The Bertz CT molecular complexity index is 896. The number of rotatable bonds is 12. The zero-order valence-corrected chi connectivity index (χ0v) is 18.7. The van der Waals surface area contributed by atoms with Gasteiger partial charge in [-0.1, -0.05) is 52.4 Å². The second-order valence-electron chi connectivity index (χ2n) is 7.37. The minimum absolute atomic E-state index is 0.0322. The molecule has 1 saturated heterocycles. The zero-order valence-electron chi connectivity index (χ0n) is 17.9. The standard InChI is InChI=1S/C20H29N3O7S/c1-3-5-7-9-13-21-19(24)17(15-16-11-12-18(30-16)23(26)27)20(25)22(31(21,28)29)14-10-8-6-4-2/h11-12,15H,3-10,13-14H2,1-2H3. The van der Waals surface area contributed by atoms with Crippen LogP contribution in [0.25, 0.3) is 6.08 Å². The Labute approximate surface area is 182 Å². The highest BCUT2D eigenvalue weighted by Crippen LogP contribution is 2.27. The van der Waals surface area contributed by atoms with Crippen molar-refractivity contribution < 1.29 is 27.3 Å². The molecule has 1 fully saturated rings. The van der Waals surface area contributed by atoms with Crippen LogP contribution in [0.4, 0.5) is 5.88 Å². The average Bonchev–Trinajstić information content (AvgIpc) is 3.19. The van der Waals surface area contributed by atoms with Crippen molar-refractivity contribution in [2.45, 2.75) is 65.2 Å². The molecule has 31 heavy (non-hydrogen) atoms. The number of nitro groups is 1. The maximum atomic E-state index is 13.0. The van der Waals surface area contributed by atoms with Crippen molar-refractivity contribution in [1.29, 1.82) is 0 Å². The lowest BCUT2D eigenvalue weighted by Crippen LogP contribution is -2.56. The second kappa shape index (κ2) is 11.1. The van der Waals surface area contributed by atoms with Gasteiger partial charge in [-0.05, 0) is 25.0 Å². The second-order valence-corrected chi connectivity index (χ2v) is 9.15. The van der Waals surface area contributed by atoms with Crippen molar-refractivity contribution >= 4 is 34.0 Å². The van der Waals surface area contributed by atoms with Crippen LogP contribution in [0.2, 0.25) is 0 Å². The summed E-state index contributed by atoms with van der Waals surface area (Å²) in [6.45, 7) is 3.97. The van der Waals surface area contributed by atoms with E-state index in [1.165, 1.54) is 6.07 Å². The largest absolute Gasteiger partial charge is 0.433 e. The number of furan rings is 1. The number of amides is 2. The van der Waals surface area contributed by atoms with Crippen LogP contribution in [-0.4, -0.2) is 46.9 Å². The molecule has 1 aromatic rings. The number of carbonyl (C=O) groups excluding carboxylic acids is 2. The Balaban J connectivity index is 2.36. The molecule has 2 heterocycles. The molecule has 172 valence electrons. The molecule has 1 aliphatic heterocycles. The van der Waals surface area contributed by atoms with Gasteiger partial charge in [-0.15, -0.1) is 0 Å². The summed E-state index contributed by atoms with van der Waals surface area (Å²) in [6.07, 6.45) is 7.25. The zero-order chi connectivity index (χ0) is 23.0. The summed E-state index contributed by atoms with van der Waals surface area (Å²) in [6, 6.07) is 2.36. The van der Waals surface area contributed by atoms with Crippen molar-refractivity contribution in [3.05, 3.63) is 33.6 Å². The molecule has 0 N–H and O–H groups in total. The van der Waals surface area contributed by atoms with Gasteiger partial charge in [0.2, 0.25) is 0 Å². The molecule has 0 bridgehead atoms. The predicted octanol–water partition coefficient (Wildman–Crippen LogP) is 3.65. The normalized spacial score (nSPS) is 16.1. The number of carbonyl (C=O) groups is 2. The molecular formula is C20H29N3O7S. The Morgan fingerprint density at radius 3 is 1.87 bits per heavy atom. The number of nitrogens with zero attached hydrogens (tertiary/aromatic N) is 3. The Morgan fingerprint density at radius 2 is 1.45 bits per heavy atom. The lowest BCUT2D eigenvalue weighted by molar-refractivity contribution is -0.402. The Hall–Kier alpha value is -2.69. The molecule has 10 nitrogen and oxygen atoms in total. The maximum Gasteiger partial charge on any atom is 0.433 e. The Morgan fingerprint density at radius 1 is 0.935 bits per heavy atom. The van der Waals surface area contributed by atoms with Crippen LogP contribution in [0.15, 0.2) is 22.1 Å². The maximum absolute atomic E-state index is 13.0. The van der Waals surface area contributed by atoms with Crippen LogP contribution in [0.3, 0.4) is 0 Å². The van der Waals surface area contributed by atoms with Gasteiger partial charge in [-0.25, -0.2) is 8.61 Å². The highest BCUT2D eigenvalue weighted by Gasteiger charge is 2.46. The van der Waals surface area contributed by atoms with Crippen LogP contribution >= 0.6 is 0 Å². The molecule has 0 aromatic carbocycles. The minimum atomic E-state index is -4.28. The summed E-state index contributed by atoms with van der Waals surface area (Å²) in [7, 11) is -4.28. The third kappa shape index (κ3) is 5.93. The summed E-state index contributed by atoms with van der Waals surface area (Å²) in [5, 5.41) is 10.8. The van der Waals surface area contributed by atoms with Crippen molar-refractivity contribution in [1.82, 2.24) is 8.61 Å². The van der Waals surface area contributed by atoms with Gasteiger partial charge >= 0.3 is 16.1 Å². The lowest BCUT2D eigenvalue weighted by atomic mass is 10.1. The Kier molecular flexibility index (Phi) is 8.78. The minimum Gasteiger partial charge on any atom is -0.401 e. The van der Waals surface area contributed by atoms with Gasteiger partial charge < -0.3 is 4.42 Å². The van der Waals surface area contributed by atoms with Crippen LogP contribution in [0.1, 0.15) is 71.0 Å². The molecule has 2 amide bonds. The third-order valence-corrected chi connectivity index (χ3v) is 6.79. The van der Waals surface area contributed by atoms with E-state index in [0.717, 1.165) is 59.3 Å². The van der Waals surface area contributed by atoms with Crippen molar-refractivity contribution in [2.24, 2.45) is 0 Å². The fraction of sp³-hybridized carbons (Fsp3) is 0.600. The van der Waals surface area contributed by atoms with E-state index in [0.29, 0.717) is 12.8 Å². The summed E-state index contributed by atoms with van der Waals surface area (Å²) < 4.78 is 32.5. The van der Waals surface area contributed by atoms with Crippen LogP contribution < -0.4 is 0 Å². The first-order chi connectivity index (χ1) is 14.7. The fourth-order valence-electron chi connectivity index (χ4n) is 3.27. The highest BCUT2D eigenvalue weighted by atomic mass is 32.2. The van der Waals surface area contributed by atoms with E-state index in [1.807, 2.05) is 13.8 Å².